The van der Waals surface area contributed by atoms with Gasteiger partial charge in [0.15, 0.2) is 0 Å². The first-order valence-corrected chi connectivity index (χ1v) is 8.56. The highest BCUT2D eigenvalue weighted by Gasteiger charge is 2.18. The van der Waals surface area contributed by atoms with E-state index in [1.807, 2.05) is 0 Å². The Kier molecular flexibility index (Phi) is 4.62. The number of nitrogens with one attached hydrogen (secondary N) is 1. The van der Waals surface area contributed by atoms with Gasteiger partial charge in [-0.2, -0.15) is 0 Å². The van der Waals surface area contributed by atoms with Gasteiger partial charge < -0.3 is 5.32 Å². The molecule has 0 aromatic carbocycles. The number of carbonyl (C=O) groups excluding carboxylic acids is 1. The summed E-state index contributed by atoms with van der Waals surface area (Å²) in [5, 5.41) is 8.04. The lowest BCUT2D eigenvalue weighted by atomic mass is 10.2. The molecule has 1 unspecified atom stereocenters. The number of carbonyl (C=O) groups is 1. The fraction of sp³-hybridized carbons (Fsp3) is 0.167. The van der Waals surface area contributed by atoms with E-state index >= 15 is 0 Å². The van der Waals surface area contributed by atoms with Crippen LogP contribution >= 0.6 is 22.9 Å². The smallest absolute Gasteiger partial charge is 0.253 e. The minimum absolute atomic E-state index is 0.0561. The molecule has 0 fully saturated rings. The second-order valence-electron chi connectivity index (χ2n) is 4.25. The topological polar surface area (TPSA) is 102 Å². The largest absolute Gasteiger partial charge is 0.345 e. The summed E-state index contributed by atoms with van der Waals surface area (Å²) < 4.78 is 22.5. The van der Waals surface area contributed by atoms with Crippen LogP contribution in [-0.2, 0) is 10.0 Å². The van der Waals surface area contributed by atoms with E-state index in [1.54, 1.807) is 13.0 Å². The molecule has 9 heteroatoms. The second-order valence-corrected chi connectivity index (χ2v) is 7.56. The second kappa shape index (κ2) is 6.10. The number of hydrogen-bond acceptors (Lipinski definition) is 5. The number of primary sulfonamides is 1. The summed E-state index contributed by atoms with van der Waals surface area (Å²) in [5.74, 6) is -0.361. The SMILES string of the molecule is CC(NC(=O)c1ccncc1Cl)c1ccc(S(N)(=O)=O)s1. The van der Waals surface area contributed by atoms with Crippen molar-refractivity contribution in [3.8, 4) is 0 Å². The summed E-state index contributed by atoms with van der Waals surface area (Å²) in [5.41, 5.74) is 0.307. The fourth-order valence-corrected chi connectivity index (χ4v) is 3.58. The highest BCUT2D eigenvalue weighted by molar-refractivity contribution is 7.91. The Bertz CT molecular complexity index is 774. The Morgan fingerprint density at radius 1 is 1.43 bits per heavy atom. The summed E-state index contributed by atoms with van der Waals surface area (Å²) in [6.45, 7) is 1.74. The van der Waals surface area contributed by atoms with E-state index in [0.29, 0.717) is 10.4 Å². The summed E-state index contributed by atoms with van der Waals surface area (Å²) in [4.78, 5) is 16.6. The van der Waals surface area contributed by atoms with Gasteiger partial charge in [-0.25, -0.2) is 13.6 Å². The maximum Gasteiger partial charge on any atom is 0.253 e. The van der Waals surface area contributed by atoms with E-state index in [2.05, 4.69) is 10.3 Å². The van der Waals surface area contributed by atoms with Crippen LogP contribution in [0.25, 0.3) is 0 Å². The zero-order chi connectivity index (χ0) is 15.6. The van der Waals surface area contributed by atoms with Crippen molar-refractivity contribution in [1.29, 1.82) is 0 Å². The lowest BCUT2D eigenvalue weighted by Crippen LogP contribution is -2.26. The summed E-state index contributed by atoms with van der Waals surface area (Å²) >= 11 is 6.91. The van der Waals surface area contributed by atoms with Crippen molar-refractivity contribution in [2.75, 3.05) is 0 Å². The third-order valence-electron chi connectivity index (χ3n) is 2.67. The van der Waals surface area contributed by atoms with Crippen LogP contribution in [0.4, 0.5) is 0 Å². The van der Waals surface area contributed by atoms with Crippen molar-refractivity contribution in [3.05, 3.63) is 46.1 Å². The molecule has 2 aromatic heterocycles. The van der Waals surface area contributed by atoms with E-state index in [9.17, 15) is 13.2 Å². The summed E-state index contributed by atoms with van der Waals surface area (Å²) in [6, 6.07) is 4.16. The van der Waals surface area contributed by atoms with Crippen LogP contribution in [0.1, 0.15) is 28.2 Å². The molecular formula is C12H12ClN3O3S2. The molecule has 2 aromatic rings. The Balaban J connectivity index is 2.15. The van der Waals surface area contributed by atoms with E-state index < -0.39 is 10.0 Å². The number of amides is 1. The van der Waals surface area contributed by atoms with Crippen LogP contribution in [0.5, 0.6) is 0 Å². The summed E-state index contributed by atoms with van der Waals surface area (Å²) in [7, 11) is -3.73. The number of pyridine rings is 1. The molecule has 0 bridgehead atoms. The molecule has 0 spiro atoms. The van der Waals surface area contributed by atoms with Gasteiger partial charge in [-0.15, -0.1) is 11.3 Å². The zero-order valence-corrected chi connectivity index (χ0v) is 13.3. The Morgan fingerprint density at radius 2 is 2.14 bits per heavy atom. The van der Waals surface area contributed by atoms with Gasteiger partial charge in [0.25, 0.3) is 5.91 Å². The fourth-order valence-electron chi connectivity index (χ4n) is 1.62. The zero-order valence-electron chi connectivity index (χ0n) is 10.9. The van der Waals surface area contributed by atoms with Crippen LogP contribution < -0.4 is 10.5 Å². The maximum atomic E-state index is 12.1. The van der Waals surface area contributed by atoms with Gasteiger partial charge in [0.1, 0.15) is 4.21 Å². The van der Waals surface area contributed by atoms with Crippen LogP contribution in [0, 0.1) is 0 Å². The van der Waals surface area contributed by atoms with Crippen LogP contribution in [0.15, 0.2) is 34.8 Å². The van der Waals surface area contributed by atoms with Gasteiger partial charge in [0.2, 0.25) is 10.0 Å². The average molecular weight is 346 g/mol. The van der Waals surface area contributed by atoms with Gasteiger partial charge in [0, 0.05) is 17.3 Å². The van der Waals surface area contributed by atoms with Crippen LogP contribution in [-0.4, -0.2) is 19.3 Å². The number of nitrogens with zero attached hydrogens (tertiary/aromatic N) is 1. The number of halogens is 1. The first-order valence-electron chi connectivity index (χ1n) is 5.82. The van der Waals surface area contributed by atoms with E-state index in [-0.39, 0.29) is 21.2 Å². The molecule has 1 atom stereocenters. The third kappa shape index (κ3) is 3.79. The van der Waals surface area contributed by atoms with Crippen molar-refractivity contribution in [3.63, 3.8) is 0 Å². The van der Waals surface area contributed by atoms with Crippen molar-refractivity contribution >= 4 is 38.9 Å². The molecule has 21 heavy (non-hydrogen) atoms. The molecule has 6 nitrogen and oxygen atoms in total. The number of rotatable bonds is 4. The van der Waals surface area contributed by atoms with Gasteiger partial charge in [-0.05, 0) is 25.1 Å². The average Bonchev–Trinajstić information content (AvgIpc) is 2.88. The molecule has 3 N–H and O–H groups in total. The number of thiophene rings is 1. The van der Waals surface area contributed by atoms with Gasteiger partial charge >= 0.3 is 0 Å². The van der Waals surface area contributed by atoms with Gasteiger partial charge in [-0.3, -0.25) is 9.78 Å². The molecule has 1 amide bonds. The normalized spacial score (nSPS) is 12.9. The number of nitrogens with two attached hydrogens (primary N) is 1. The molecule has 0 radical (unpaired) electrons. The van der Waals surface area contributed by atoms with Gasteiger partial charge in [-0.1, -0.05) is 11.6 Å². The minimum Gasteiger partial charge on any atom is -0.345 e. The van der Waals surface area contributed by atoms with E-state index in [0.717, 1.165) is 11.3 Å². The predicted octanol–water partition coefficient (Wildman–Crippen LogP) is 1.93. The Hall–Kier alpha value is -1.48. The number of aromatic nitrogens is 1. The van der Waals surface area contributed by atoms with Crippen molar-refractivity contribution < 1.29 is 13.2 Å². The first-order chi connectivity index (χ1) is 9.79. The predicted molar refractivity (Wildman–Crippen MR) is 80.8 cm³/mol. The molecule has 0 aliphatic heterocycles. The lowest BCUT2D eigenvalue weighted by Gasteiger charge is -2.12. The van der Waals surface area contributed by atoms with Crippen LogP contribution in [0.2, 0.25) is 5.02 Å². The summed E-state index contributed by atoms with van der Waals surface area (Å²) in [6.07, 6.45) is 2.85. The van der Waals surface area contributed by atoms with Crippen molar-refractivity contribution in [1.82, 2.24) is 10.3 Å². The lowest BCUT2D eigenvalue weighted by molar-refractivity contribution is 0.0940. The molecule has 0 aliphatic carbocycles. The Labute approximate surface area is 131 Å². The Morgan fingerprint density at radius 3 is 2.71 bits per heavy atom. The quantitative estimate of drug-likeness (QED) is 0.883. The molecule has 2 heterocycles. The molecular weight excluding hydrogens is 334 g/mol. The standard InChI is InChI=1S/C12H12ClN3O3S2/c1-7(10-2-3-11(20-10)21(14,18)19)16-12(17)8-4-5-15-6-9(8)13/h2-7H,1H3,(H,16,17)(H2,14,18,19). The first kappa shape index (κ1) is 15.9. The highest BCUT2D eigenvalue weighted by atomic mass is 35.5. The third-order valence-corrected chi connectivity index (χ3v) is 5.68. The minimum atomic E-state index is -3.73. The maximum absolute atomic E-state index is 12.1. The van der Waals surface area contributed by atoms with E-state index in [4.69, 9.17) is 16.7 Å². The highest BCUT2D eigenvalue weighted by Crippen LogP contribution is 2.26. The van der Waals surface area contributed by atoms with Gasteiger partial charge in [0.05, 0.1) is 16.6 Å². The molecule has 2 rings (SSSR count). The number of hydrogen-bond donors (Lipinski definition) is 2. The monoisotopic (exact) mass is 345 g/mol. The molecule has 112 valence electrons. The molecule has 0 aliphatic rings. The number of sulfonamides is 1. The van der Waals surface area contributed by atoms with Crippen LogP contribution in [0.3, 0.4) is 0 Å². The van der Waals surface area contributed by atoms with Crippen molar-refractivity contribution in [2.24, 2.45) is 5.14 Å². The van der Waals surface area contributed by atoms with E-state index in [1.165, 1.54) is 24.5 Å². The molecule has 0 saturated carbocycles. The molecule has 0 saturated heterocycles. The van der Waals surface area contributed by atoms with Crippen molar-refractivity contribution in [2.45, 2.75) is 17.2 Å².